The van der Waals surface area contributed by atoms with Crippen LogP contribution in [0.25, 0.3) is 0 Å². The van der Waals surface area contributed by atoms with Gasteiger partial charge in [-0.25, -0.2) is 0 Å². The van der Waals surface area contributed by atoms with Crippen LogP contribution in [-0.4, -0.2) is 49.9 Å². The molecule has 0 aromatic carbocycles. The van der Waals surface area contributed by atoms with E-state index in [0.717, 1.165) is 25.4 Å². The summed E-state index contributed by atoms with van der Waals surface area (Å²) in [4.78, 5) is 0. The Morgan fingerprint density at radius 2 is 1.75 bits per heavy atom. The van der Waals surface area contributed by atoms with Crippen molar-refractivity contribution in [3.63, 3.8) is 0 Å². The zero-order chi connectivity index (χ0) is 12.3. The Balaban J connectivity index is 3.90. The maximum atomic E-state index is 5.72. The second-order valence-corrected chi connectivity index (χ2v) is 6.31. The topological polar surface area (TPSA) is 49.0 Å². The average molecular weight is 249 g/mol. The van der Waals surface area contributed by atoms with Crippen molar-refractivity contribution in [2.75, 3.05) is 41.1 Å². The van der Waals surface area contributed by atoms with Gasteiger partial charge >= 0.3 is 8.80 Å². The molecule has 0 spiro atoms. The third-order valence-corrected chi connectivity index (χ3v) is 5.09. The van der Waals surface area contributed by atoms with E-state index in [1.54, 1.807) is 21.3 Å². The number of methoxy groups -OCH3 is 1. The molecule has 0 aromatic rings. The molecule has 5 nitrogen and oxygen atoms in total. The summed E-state index contributed by atoms with van der Waals surface area (Å²) in [6, 6.07) is 0.761. The molecule has 6 heteroatoms. The van der Waals surface area contributed by atoms with Crippen LogP contribution in [0.15, 0.2) is 0 Å². The predicted octanol–water partition coefficient (Wildman–Crippen LogP) is 0.919. The maximum Gasteiger partial charge on any atom is 0.500 e. The van der Waals surface area contributed by atoms with Crippen molar-refractivity contribution in [2.24, 2.45) is 0 Å². The van der Waals surface area contributed by atoms with Gasteiger partial charge in [0.15, 0.2) is 0 Å². The molecule has 0 unspecified atom stereocenters. The first-order chi connectivity index (χ1) is 7.74. The summed E-state index contributed by atoms with van der Waals surface area (Å²) in [6.07, 6.45) is 1.71. The van der Waals surface area contributed by atoms with E-state index in [1.165, 1.54) is 0 Å². The van der Waals surface area contributed by atoms with E-state index in [0.29, 0.717) is 13.2 Å². The Morgan fingerprint density at radius 3 is 2.25 bits per heavy atom. The lowest BCUT2D eigenvalue weighted by Crippen LogP contribution is -2.44. The molecule has 0 aliphatic carbocycles. The summed E-state index contributed by atoms with van der Waals surface area (Å²) in [5.74, 6) is 0. The van der Waals surface area contributed by atoms with Gasteiger partial charge in [0.05, 0.1) is 0 Å². The van der Waals surface area contributed by atoms with Crippen LogP contribution in [-0.2, 0) is 18.0 Å². The van der Waals surface area contributed by atoms with Crippen LogP contribution in [0.3, 0.4) is 0 Å². The van der Waals surface area contributed by atoms with Crippen LogP contribution in [0, 0.1) is 7.05 Å². The summed E-state index contributed by atoms with van der Waals surface area (Å²) < 4.78 is 21.5. The fourth-order valence-corrected chi connectivity index (χ4v) is 3.34. The molecular weight excluding hydrogens is 226 g/mol. The summed E-state index contributed by atoms with van der Waals surface area (Å²) in [6.45, 7) is 2.00. The minimum absolute atomic E-state index is 0.595. The van der Waals surface area contributed by atoms with E-state index >= 15 is 0 Å². The molecule has 0 aliphatic heterocycles. The monoisotopic (exact) mass is 249 g/mol. The minimum Gasteiger partial charge on any atom is -0.385 e. The Kier molecular flexibility index (Phi) is 10.2. The summed E-state index contributed by atoms with van der Waals surface area (Å²) in [5, 5.41) is 2.60. The fourth-order valence-electron chi connectivity index (χ4n) is 1.32. The molecule has 96 valence electrons. The van der Waals surface area contributed by atoms with Crippen molar-refractivity contribution >= 4 is 8.80 Å². The van der Waals surface area contributed by atoms with Crippen LogP contribution in [0.4, 0.5) is 0 Å². The molecule has 0 saturated heterocycles. The summed E-state index contributed by atoms with van der Waals surface area (Å²) in [5.41, 5.74) is 0. The molecule has 0 aromatic heterocycles. The average Bonchev–Trinajstić information content (AvgIpc) is 2.33. The molecular formula is C10H23NO4Si. The highest BCUT2D eigenvalue weighted by atomic mass is 28.4. The smallest absolute Gasteiger partial charge is 0.385 e. The molecule has 0 heterocycles. The standard InChI is InChI=1S/C10H23NO4Si/c1-11-7-5-10-16(13-3,14-4)15-9-6-8-12-2/h1,11H,5-10H2,2-4H3. The van der Waals surface area contributed by atoms with Gasteiger partial charge in [-0.05, 0) is 19.4 Å². The summed E-state index contributed by atoms with van der Waals surface area (Å²) >= 11 is 0. The van der Waals surface area contributed by atoms with Gasteiger partial charge in [0.25, 0.3) is 0 Å². The van der Waals surface area contributed by atoms with Crippen LogP contribution < -0.4 is 5.32 Å². The second-order valence-electron chi connectivity index (χ2n) is 3.34. The van der Waals surface area contributed by atoms with Crippen LogP contribution >= 0.6 is 0 Å². The molecule has 0 atom stereocenters. The van der Waals surface area contributed by atoms with Crippen LogP contribution in [0.2, 0.25) is 6.04 Å². The third-order valence-electron chi connectivity index (χ3n) is 2.24. The number of hydrogen-bond acceptors (Lipinski definition) is 5. The molecule has 0 aliphatic rings. The highest BCUT2D eigenvalue weighted by Gasteiger charge is 2.37. The van der Waals surface area contributed by atoms with Gasteiger partial charge < -0.3 is 23.3 Å². The lowest BCUT2D eigenvalue weighted by Gasteiger charge is -2.26. The Hall–Kier alpha value is 0.0169. The fraction of sp³-hybridized carbons (Fsp3) is 0.900. The van der Waals surface area contributed by atoms with E-state index in [9.17, 15) is 0 Å². The number of nitrogens with one attached hydrogen (secondary N) is 1. The van der Waals surface area contributed by atoms with E-state index in [-0.39, 0.29) is 0 Å². The Labute approximate surface area is 99.8 Å². The zero-order valence-corrected chi connectivity index (χ0v) is 11.5. The number of hydrogen-bond donors (Lipinski definition) is 1. The quantitative estimate of drug-likeness (QED) is 0.335. The van der Waals surface area contributed by atoms with Gasteiger partial charge in [0.1, 0.15) is 0 Å². The lowest BCUT2D eigenvalue weighted by molar-refractivity contribution is 0.0853. The first kappa shape index (κ1) is 16.0. The molecule has 0 fully saturated rings. The highest BCUT2D eigenvalue weighted by molar-refractivity contribution is 6.60. The van der Waals surface area contributed by atoms with Gasteiger partial charge in [0, 0.05) is 47.6 Å². The van der Waals surface area contributed by atoms with E-state index in [4.69, 9.17) is 25.1 Å². The first-order valence-corrected chi connectivity index (χ1v) is 7.34. The molecule has 0 amide bonds. The van der Waals surface area contributed by atoms with Crippen molar-refractivity contribution in [2.45, 2.75) is 18.9 Å². The number of ether oxygens (including phenoxy) is 1. The van der Waals surface area contributed by atoms with Crippen molar-refractivity contribution in [3.8, 4) is 0 Å². The highest BCUT2D eigenvalue weighted by Crippen LogP contribution is 2.16. The first-order valence-electron chi connectivity index (χ1n) is 5.41. The van der Waals surface area contributed by atoms with Gasteiger partial charge in [-0.15, -0.1) is 0 Å². The van der Waals surface area contributed by atoms with Crippen molar-refractivity contribution in [1.29, 1.82) is 0 Å². The van der Waals surface area contributed by atoms with Crippen LogP contribution in [0.1, 0.15) is 12.8 Å². The van der Waals surface area contributed by atoms with E-state index in [2.05, 4.69) is 5.32 Å². The molecule has 0 bridgehead atoms. The SMILES string of the molecule is [CH]NCCC[Si](OC)(OC)OCCCOC. The number of rotatable bonds is 11. The van der Waals surface area contributed by atoms with Crippen molar-refractivity contribution in [1.82, 2.24) is 5.32 Å². The van der Waals surface area contributed by atoms with Crippen molar-refractivity contribution < 1.29 is 18.0 Å². The van der Waals surface area contributed by atoms with Crippen molar-refractivity contribution in [3.05, 3.63) is 7.05 Å². The lowest BCUT2D eigenvalue weighted by atomic mass is 10.5. The summed E-state index contributed by atoms with van der Waals surface area (Å²) in [7, 11) is 7.65. The molecule has 16 heavy (non-hydrogen) atoms. The van der Waals surface area contributed by atoms with Gasteiger partial charge in [-0.2, -0.15) is 0 Å². The van der Waals surface area contributed by atoms with Gasteiger partial charge in [-0.3, -0.25) is 0 Å². The normalized spacial score (nSPS) is 12.0. The Bertz CT molecular complexity index is 156. The zero-order valence-electron chi connectivity index (χ0n) is 10.5. The van der Waals surface area contributed by atoms with E-state index in [1.807, 2.05) is 0 Å². The molecule has 0 saturated carbocycles. The predicted molar refractivity (Wildman–Crippen MR) is 63.9 cm³/mol. The van der Waals surface area contributed by atoms with E-state index < -0.39 is 8.80 Å². The molecule has 2 radical (unpaired) electrons. The maximum absolute atomic E-state index is 5.72. The third kappa shape index (κ3) is 6.57. The molecule has 1 N–H and O–H groups in total. The Morgan fingerprint density at radius 1 is 1.06 bits per heavy atom. The largest absolute Gasteiger partial charge is 0.500 e. The minimum atomic E-state index is -2.48. The second kappa shape index (κ2) is 10.2. The van der Waals surface area contributed by atoms with Gasteiger partial charge in [-0.1, -0.05) is 0 Å². The van der Waals surface area contributed by atoms with Crippen LogP contribution in [0.5, 0.6) is 0 Å². The molecule has 0 rings (SSSR count). The van der Waals surface area contributed by atoms with Gasteiger partial charge in [0.2, 0.25) is 0 Å².